The molecule has 210 valence electrons. The molecule has 0 amide bonds. The van der Waals surface area contributed by atoms with E-state index in [1.54, 1.807) is 54.6 Å². The summed E-state index contributed by atoms with van der Waals surface area (Å²) in [5.74, 6) is -3.44. The van der Waals surface area contributed by atoms with Crippen molar-refractivity contribution in [3.63, 3.8) is 0 Å². The van der Waals surface area contributed by atoms with Crippen LogP contribution >= 0.6 is 47.8 Å². The van der Waals surface area contributed by atoms with Gasteiger partial charge in [0.2, 0.25) is 0 Å². The number of hydrogen-bond acceptors (Lipinski definition) is 6. The third-order valence-corrected chi connectivity index (χ3v) is 8.26. The number of carboxylic acids is 3. The van der Waals surface area contributed by atoms with Gasteiger partial charge in [0.15, 0.2) is 0 Å². The van der Waals surface area contributed by atoms with Crippen molar-refractivity contribution < 1.29 is 29.7 Å². The Hall–Kier alpha value is -3.41. The SMILES string of the molecule is O=C([O-])c1ccc2c(Br)cccc2c1.O=C([O-])c1ccc2c(Br)cccc2c1.O=C([O-])c1ccc2c(Br)cccc2c1.[Ga+3]. The van der Waals surface area contributed by atoms with Crippen LogP contribution in [0.15, 0.2) is 123 Å². The van der Waals surface area contributed by atoms with Gasteiger partial charge in [-0.3, -0.25) is 0 Å². The van der Waals surface area contributed by atoms with Crippen molar-refractivity contribution in [2.24, 2.45) is 0 Å². The van der Waals surface area contributed by atoms with Crippen molar-refractivity contribution in [3.05, 3.63) is 139 Å². The third-order valence-electron chi connectivity index (χ3n) is 6.19. The summed E-state index contributed by atoms with van der Waals surface area (Å²) in [4.78, 5) is 31.8. The Kier molecular flexibility index (Phi) is 12.2. The van der Waals surface area contributed by atoms with Gasteiger partial charge >= 0.3 is 19.8 Å². The van der Waals surface area contributed by atoms with E-state index in [4.69, 9.17) is 0 Å². The molecule has 10 heteroatoms. The van der Waals surface area contributed by atoms with Gasteiger partial charge in [0.25, 0.3) is 0 Å². The van der Waals surface area contributed by atoms with Crippen LogP contribution in [-0.2, 0) is 0 Å². The number of benzene rings is 6. The Balaban J connectivity index is 0.000000175. The van der Waals surface area contributed by atoms with Crippen molar-refractivity contribution in [1.29, 1.82) is 0 Å². The molecule has 0 saturated heterocycles. The quantitative estimate of drug-likeness (QED) is 0.217. The van der Waals surface area contributed by atoms with Crippen molar-refractivity contribution in [1.82, 2.24) is 0 Å². The molecule has 0 aliphatic carbocycles. The first-order valence-corrected chi connectivity index (χ1v) is 14.6. The largest absolute Gasteiger partial charge is 3.00 e. The molecule has 0 unspecified atom stereocenters. The average Bonchev–Trinajstić information content (AvgIpc) is 2.97. The zero-order chi connectivity index (χ0) is 30.4. The zero-order valence-corrected chi connectivity index (χ0v) is 29.2. The van der Waals surface area contributed by atoms with Gasteiger partial charge in [0.05, 0.1) is 17.9 Å². The first-order valence-electron chi connectivity index (χ1n) is 12.2. The van der Waals surface area contributed by atoms with E-state index < -0.39 is 17.9 Å². The van der Waals surface area contributed by atoms with Crippen molar-refractivity contribution >= 4 is 118 Å². The fraction of sp³-hybridized carbons (Fsp3) is 0. The predicted molar refractivity (Wildman–Crippen MR) is 174 cm³/mol. The molecule has 6 aromatic carbocycles. The van der Waals surface area contributed by atoms with E-state index >= 15 is 0 Å². The smallest absolute Gasteiger partial charge is 0.545 e. The van der Waals surface area contributed by atoms with Gasteiger partial charge in [0, 0.05) is 13.4 Å². The second kappa shape index (κ2) is 15.4. The Morgan fingerprint density at radius 2 is 0.674 bits per heavy atom. The standard InChI is InChI=1S/3C11H7BrO2.Ga/c3*12-10-3-1-2-7-6-8(11(13)14)4-5-9(7)10;/h3*1-6H,(H,13,14);/q;;;+3/p-3. The summed E-state index contributed by atoms with van der Waals surface area (Å²) in [6.07, 6.45) is 0. The van der Waals surface area contributed by atoms with E-state index in [9.17, 15) is 29.7 Å². The topological polar surface area (TPSA) is 120 Å². The normalized spacial score (nSPS) is 10.1. The van der Waals surface area contributed by atoms with Crippen LogP contribution in [0.25, 0.3) is 32.3 Å². The summed E-state index contributed by atoms with van der Waals surface area (Å²) < 4.78 is 2.87. The summed E-state index contributed by atoms with van der Waals surface area (Å²) in [7, 11) is 0. The molecule has 0 saturated carbocycles. The molecule has 0 atom stereocenters. The first-order chi connectivity index (χ1) is 20.0. The van der Waals surface area contributed by atoms with Crippen molar-refractivity contribution in [2.45, 2.75) is 0 Å². The van der Waals surface area contributed by atoms with E-state index in [0.717, 1.165) is 45.7 Å². The molecule has 6 nitrogen and oxygen atoms in total. The van der Waals surface area contributed by atoms with E-state index in [-0.39, 0.29) is 36.5 Å². The van der Waals surface area contributed by atoms with Crippen LogP contribution in [0, 0.1) is 0 Å². The molecule has 0 heterocycles. The summed E-state index contributed by atoms with van der Waals surface area (Å²) in [5.41, 5.74) is 0.613. The summed E-state index contributed by atoms with van der Waals surface area (Å²) in [6.45, 7) is 0. The van der Waals surface area contributed by atoms with Crippen LogP contribution < -0.4 is 15.3 Å². The summed E-state index contributed by atoms with van der Waals surface area (Å²) >= 11 is 10.2. The van der Waals surface area contributed by atoms with Gasteiger partial charge in [-0.2, -0.15) is 0 Å². The maximum atomic E-state index is 10.6. The fourth-order valence-electron chi connectivity index (χ4n) is 4.11. The monoisotopic (exact) mass is 816 g/mol. The van der Waals surface area contributed by atoms with Gasteiger partial charge in [-0.15, -0.1) is 0 Å². The van der Waals surface area contributed by atoms with Crippen molar-refractivity contribution in [2.75, 3.05) is 0 Å². The fourth-order valence-corrected chi connectivity index (χ4v) is 5.65. The molecule has 0 radical (unpaired) electrons. The molecule has 0 aliphatic heterocycles. The number of carbonyl (C=O) groups excluding carboxylic acids is 3. The molecule has 0 fully saturated rings. The van der Waals surface area contributed by atoms with E-state index in [1.807, 2.05) is 54.6 Å². The molecule has 0 aromatic heterocycles. The van der Waals surface area contributed by atoms with Crippen LogP contribution in [0.2, 0.25) is 0 Å². The summed E-state index contributed by atoms with van der Waals surface area (Å²) in [6, 6.07) is 31.7. The Morgan fingerprint density at radius 3 is 0.907 bits per heavy atom. The van der Waals surface area contributed by atoms with Crippen molar-refractivity contribution in [3.8, 4) is 0 Å². The van der Waals surface area contributed by atoms with Crippen LogP contribution in [0.3, 0.4) is 0 Å². The average molecular weight is 820 g/mol. The molecule has 6 aromatic rings. The minimum absolute atomic E-state index is 0. The van der Waals surface area contributed by atoms with Gasteiger partial charge < -0.3 is 29.7 Å². The van der Waals surface area contributed by atoms with Gasteiger partial charge in [-0.05, 0) is 85.4 Å². The number of rotatable bonds is 3. The Bertz CT molecular complexity index is 1750. The number of carbonyl (C=O) groups is 3. The molecular weight excluding hydrogens is 802 g/mol. The van der Waals surface area contributed by atoms with E-state index in [1.165, 1.54) is 0 Å². The van der Waals surface area contributed by atoms with Crippen LogP contribution in [0.4, 0.5) is 0 Å². The third kappa shape index (κ3) is 8.58. The molecular formula is C33H18Br3GaO6. The maximum Gasteiger partial charge on any atom is 3.00 e. The number of hydrogen-bond donors (Lipinski definition) is 0. The van der Waals surface area contributed by atoms with Gasteiger partial charge in [0.1, 0.15) is 0 Å². The van der Waals surface area contributed by atoms with Crippen LogP contribution in [0.5, 0.6) is 0 Å². The molecule has 6 rings (SSSR count). The number of fused-ring (bicyclic) bond motifs is 3. The van der Waals surface area contributed by atoms with E-state index in [0.29, 0.717) is 0 Å². The van der Waals surface area contributed by atoms with E-state index in [2.05, 4.69) is 47.8 Å². The second-order valence-electron chi connectivity index (χ2n) is 8.89. The minimum atomic E-state index is -1.15. The number of carboxylic acid groups (broad SMARTS) is 3. The molecule has 0 N–H and O–H groups in total. The zero-order valence-electron chi connectivity index (χ0n) is 22.1. The number of aromatic carboxylic acids is 3. The number of halogens is 3. The predicted octanol–water partition coefficient (Wildman–Crippen LogP) is 5.52. The molecule has 0 bridgehead atoms. The van der Waals surface area contributed by atoms with Gasteiger partial charge in [-0.25, -0.2) is 0 Å². The molecule has 0 aliphatic rings. The minimum Gasteiger partial charge on any atom is -0.545 e. The molecule has 0 spiro atoms. The second-order valence-corrected chi connectivity index (χ2v) is 11.5. The molecule has 43 heavy (non-hydrogen) atoms. The first kappa shape index (κ1) is 34.1. The Labute approximate surface area is 284 Å². The van der Waals surface area contributed by atoms with Gasteiger partial charge in [-0.1, -0.05) is 121 Å². The van der Waals surface area contributed by atoms with Crippen LogP contribution in [-0.4, -0.2) is 37.7 Å². The summed E-state index contributed by atoms with van der Waals surface area (Å²) in [5, 5.41) is 37.5. The van der Waals surface area contributed by atoms with Crippen LogP contribution in [0.1, 0.15) is 31.1 Å². The maximum absolute atomic E-state index is 10.6. The Morgan fingerprint density at radius 1 is 0.419 bits per heavy atom.